The third kappa shape index (κ3) is 2.77. The zero-order valence-corrected chi connectivity index (χ0v) is 11.7. The van der Waals surface area contributed by atoms with E-state index in [2.05, 4.69) is 36.6 Å². The van der Waals surface area contributed by atoms with Crippen LogP contribution < -0.4 is 16.6 Å². The number of hydrogen-bond acceptors (Lipinski definition) is 5. The first-order valence-corrected chi connectivity index (χ1v) is 6.22. The van der Waals surface area contributed by atoms with Gasteiger partial charge in [-0.2, -0.15) is 0 Å². The van der Waals surface area contributed by atoms with Gasteiger partial charge in [0.2, 0.25) is 0 Å². The summed E-state index contributed by atoms with van der Waals surface area (Å²) in [5, 5.41) is 3.25. The second-order valence-electron chi connectivity index (χ2n) is 3.98. The summed E-state index contributed by atoms with van der Waals surface area (Å²) < 4.78 is 1.02. The summed E-state index contributed by atoms with van der Waals surface area (Å²) in [6.45, 7) is 3.94. The Balaban J connectivity index is 2.34. The Morgan fingerprint density at radius 2 is 1.83 bits per heavy atom. The highest BCUT2D eigenvalue weighted by Gasteiger charge is 2.06. The van der Waals surface area contributed by atoms with Crippen molar-refractivity contribution in [3.63, 3.8) is 0 Å². The Labute approximate surface area is 114 Å². The van der Waals surface area contributed by atoms with Crippen LogP contribution in [0.3, 0.4) is 0 Å². The second kappa shape index (κ2) is 5.32. The number of nitrogen functional groups attached to an aromatic ring is 1. The fourth-order valence-corrected chi connectivity index (χ4v) is 2.27. The Hall–Kier alpha value is -1.66. The summed E-state index contributed by atoms with van der Waals surface area (Å²) in [6, 6.07) is 6.08. The summed E-state index contributed by atoms with van der Waals surface area (Å²) in [6.07, 6.45) is 1.47. The first kappa shape index (κ1) is 12.8. The minimum atomic E-state index is 0.610. The summed E-state index contributed by atoms with van der Waals surface area (Å²) in [5.74, 6) is 6.73. The van der Waals surface area contributed by atoms with Gasteiger partial charge in [0, 0.05) is 15.7 Å². The molecule has 0 aliphatic rings. The lowest BCUT2D eigenvalue weighted by Gasteiger charge is -2.11. The molecule has 94 valence electrons. The molecule has 4 N–H and O–H groups in total. The lowest BCUT2D eigenvalue weighted by atomic mass is 10.2. The monoisotopic (exact) mass is 307 g/mol. The van der Waals surface area contributed by atoms with Gasteiger partial charge in [0.1, 0.15) is 18.0 Å². The first-order valence-electron chi connectivity index (χ1n) is 5.42. The Morgan fingerprint density at radius 3 is 2.50 bits per heavy atom. The average molecular weight is 308 g/mol. The molecule has 0 unspecified atom stereocenters. The molecule has 0 aliphatic heterocycles. The lowest BCUT2D eigenvalue weighted by molar-refractivity contribution is 1.10. The third-order valence-electron chi connectivity index (χ3n) is 2.53. The fourth-order valence-electron chi connectivity index (χ4n) is 1.67. The number of nitrogens with zero attached hydrogens (tertiary/aromatic N) is 2. The normalized spacial score (nSPS) is 10.2. The van der Waals surface area contributed by atoms with Crippen LogP contribution in [0.25, 0.3) is 0 Å². The minimum Gasteiger partial charge on any atom is -0.340 e. The molecule has 0 radical (unpaired) electrons. The van der Waals surface area contributed by atoms with Crippen molar-refractivity contribution in [2.24, 2.45) is 5.84 Å². The quantitative estimate of drug-likeness (QED) is 0.600. The maximum absolute atomic E-state index is 5.39. The van der Waals surface area contributed by atoms with Gasteiger partial charge in [-0.05, 0) is 37.6 Å². The average Bonchev–Trinajstić information content (AvgIpc) is 2.30. The highest BCUT2D eigenvalue weighted by molar-refractivity contribution is 9.10. The molecule has 0 bridgehead atoms. The summed E-state index contributed by atoms with van der Waals surface area (Å²) in [4.78, 5) is 8.25. The zero-order chi connectivity index (χ0) is 13.1. The van der Waals surface area contributed by atoms with Crippen LogP contribution in [0.15, 0.2) is 29.0 Å². The van der Waals surface area contributed by atoms with E-state index in [9.17, 15) is 0 Å². The van der Waals surface area contributed by atoms with Crippen molar-refractivity contribution < 1.29 is 0 Å². The van der Waals surface area contributed by atoms with Crippen LogP contribution in [0.5, 0.6) is 0 Å². The van der Waals surface area contributed by atoms with Crippen LogP contribution in [-0.2, 0) is 0 Å². The molecule has 0 saturated carbocycles. The van der Waals surface area contributed by atoms with Crippen molar-refractivity contribution in [1.82, 2.24) is 9.97 Å². The molecule has 0 fully saturated rings. The number of rotatable bonds is 3. The van der Waals surface area contributed by atoms with Gasteiger partial charge in [0.25, 0.3) is 0 Å². The molecule has 0 aliphatic carbocycles. The second-order valence-corrected chi connectivity index (χ2v) is 4.90. The number of halogens is 1. The molecule has 5 nitrogen and oxygen atoms in total. The van der Waals surface area contributed by atoms with Gasteiger partial charge in [0.15, 0.2) is 0 Å². The molecule has 1 heterocycles. The van der Waals surface area contributed by atoms with Crippen LogP contribution in [-0.4, -0.2) is 9.97 Å². The van der Waals surface area contributed by atoms with Crippen molar-refractivity contribution in [2.45, 2.75) is 13.8 Å². The molecule has 0 amide bonds. The standard InChI is InChI=1S/C12H14BrN5/c1-7-3-9(13)5-10(4-7)17-11-8(2)12(18-14)16-6-15-11/h3-6H,14H2,1-2H3,(H2,15,16,17,18). The Morgan fingerprint density at radius 1 is 1.11 bits per heavy atom. The number of nitrogens with two attached hydrogens (primary N) is 1. The molecular formula is C12H14BrN5. The number of hydrogen-bond donors (Lipinski definition) is 3. The molecule has 0 spiro atoms. The molecule has 1 aromatic heterocycles. The van der Waals surface area contributed by atoms with E-state index in [0.29, 0.717) is 5.82 Å². The first-order chi connectivity index (χ1) is 8.60. The van der Waals surface area contributed by atoms with Gasteiger partial charge < -0.3 is 10.7 Å². The number of hydrazine groups is 1. The fraction of sp³-hybridized carbons (Fsp3) is 0.167. The maximum Gasteiger partial charge on any atom is 0.148 e. The lowest BCUT2D eigenvalue weighted by Crippen LogP contribution is -2.11. The van der Waals surface area contributed by atoms with Crippen LogP contribution in [0.4, 0.5) is 17.3 Å². The van der Waals surface area contributed by atoms with Crippen LogP contribution in [0.1, 0.15) is 11.1 Å². The van der Waals surface area contributed by atoms with E-state index in [4.69, 9.17) is 5.84 Å². The number of nitrogens with one attached hydrogen (secondary N) is 2. The van der Waals surface area contributed by atoms with Crippen LogP contribution >= 0.6 is 15.9 Å². The van der Waals surface area contributed by atoms with E-state index in [-0.39, 0.29) is 0 Å². The van der Waals surface area contributed by atoms with Gasteiger partial charge in [-0.3, -0.25) is 0 Å². The van der Waals surface area contributed by atoms with Gasteiger partial charge in [-0.25, -0.2) is 15.8 Å². The number of benzene rings is 1. The molecular weight excluding hydrogens is 294 g/mol. The van der Waals surface area contributed by atoms with Gasteiger partial charge >= 0.3 is 0 Å². The van der Waals surface area contributed by atoms with E-state index in [1.807, 2.05) is 32.0 Å². The Bertz CT molecular complexity index is 550. The number of anilines is 3. The van der Waals surface area contributed by atoms with Crippen molar-refractivity contribution >= 4 is 33.3 Å². The summed E-state index contributed by atoms with van der Waals surface area (Å²) in [5.41, 5.74) is 5.54. The smallest absolute Gasteiger partial charge is 0.148 e. The largest absolute Gasteiger partial charge is 0.340 e. The number of aromatic nitrogens is 2. The highest BCUT2D eigenvalue weighted by Crippen LogP contribution is 2.25. The molecule has 0 atom stereocenters. The molecule has 18 heavy (non-hydrogen) atoms. The van der Waals surface area contributed by atoms with Crippen LogP contribution in [0, 0.1) is 13.8 Å². The molecule has 1 aromatic carbocycles. The Kier molecular flexibility index (Phi) is 3.78. The van der Waals surface area contributed by atoms with E-state index >= 15 is 0 Å². The van der Waals surface area contributed by atoms with E-state index in [1.165, 1.54) is 6.33 Å². The zero-order valence-electron chi connectivity index (χ0n) is 10.2. The summed E-state index contributed by atoms with van der Waals surface area (Å²) >= 11 is 3.47. The van der Waals surface area contributed by atoms with Crippen molar-refractivity contribution in [3.8, 4) is 0 Å². The predicted molar refractivity (Wildman–Crippen MR) is 76.7 cm³/mol. The maximum atomic E-state index is 5.39. The molecule has 6 heteroatoms. The van der Waals surface area contributed by atoms with Gasteiger partial charge in [-0.15, -0.1) is 0 Å². The predicted octanol–water partition coefficient (Wildman–Crippen LogP) is 2.89. The minimum absolute atomic E-state index is 0.610. The van der Waals surface area contributed by atoms with E-state index < -0.39 is 0 Å². The van der Waals surface area contributed by atoms with E-state index in [1.54, 1.807) is 0 Å². The van der Waals surface area contributed by atoms with Gasteiger partial charge in [-0.1, -0.05) is 15.9 Å². The van der Waals surface area contributed by atoms with Crippen molar-refractivity contribution in [3.05, 3.63) is 40.1 Å². The number of aryl methyl sites for hydroxylation is 1. The van der Waals surface area contributed by atoms with Crippen LogP contribution in [0.2, 0.25) is 0 Å². The molecule has 2 aromatic rings. The van der Waals surface area contributed by atoms with Crippen molar-refractivity contribution in [1.29, 1.82) is 0 Å². The van der Waals surface area contributed by atoms with Gasteiger partial charge in [0.05, 0.1) is 0 Å². The van der Waals surface area contributed by atoms with E-state index in [0.717, 1.165) is 27.1 Å². The molecule has 2 rings (SSSR count). The highest BCUT2D eigenvalue weighted by atomic mass is 79.9. The topological polar surface area (TPSA) is 75.9 Å². The molecule has 0 saturated heterocycles. The van der Waals surface area contributed by atoms with Crippen molar-refractivity contribution in [2.75, 3.05) is 10.7 Å². The third-order valence-corrected chi connectivity index (χ3v) is 2.98. The summed E-state index contributed by atoms with van der Waals surface area (Å²) in [7, 11) is 0. The SMILES string of the molecule is Cc1cc(Br)cc(Nc2ncnc(NN)c2C)c1.